The molecule has 0 saturated carbocycles. The van der Waals surface area contributed by atoms with Gasteiger partial charge in [0.2, 0.25) is 0 Å². The highest BCUT2D eigenvalue weighted by atomic mass is 16.5. The first-order valence-electron chi connectivity index (χ1n) is 6.49. The number of methoxy groups -OCH3 is 1. The fourth-order valence-electron chi connectivity index (χ4n) is 2.50. The number of aliphatic hydroxyl groups is 1. The van der Waals surface area contributed by atoms with Gasteiger partial charge in [-0.1, -0.05) is 30.3 Å². The molecule has 1 atom stereocenters. The van der Waals surface area contributed by atoms with Crippen molar-refractivity contribution in [2.75, 3.05) is 7.11 Å². The number of fused-ring (bicyclic) bond motifs is 1. The van der Waals surface area contributed by atoms with E-state index in [2.05, 4.69) is 0 Å². The molecule has 0 fully saturated rings. The maximum absolute atomic E-state index is 10.6. The van der Waals surface area contributed by atoms with E-state index in [1.807, 2.05) is 49.4 Å². The van der Waals surface area contributed by atoms with E-state index in [9.17, 15) is 5.11 Å². The van der Waals surface area contributed by atoms with Crippen LogP contribution in [0.4, 0.5) is 0 Å². The highest BCUT2D eigenvalue weighted by molar-refractivity contribution is 5.91. The van der Waals surface area contributed by atoms with Crippen molar-refractivity contribution in [1.82, 2.24) is 0 Å². The van der Waals surface area contributed by atoms with Gasteiger partial charge in [-0.3, -0.25) is 0 Å². The fraction of sp³-hybridized carbons (Fsp3) is 0.176. The van der Waals surface area contributed by atoms with Crippen LogP contribution in [-0.4, -0.2) is 12.2 Å². The maximum Gasteiger partial charge on any atom is 0.126 e. The van der Waals surface area contributed by atoms with Gasteiger partial charge in [-0.2, -0.15) is 0 Å². The molecular formula is C17H16O3. The molecule has 1 heterocycles. The molecule has 0 bridgehead atoms. The van der Waals surface area contributed by atoms with Gasteiger partial charge in [-0.05, 0) is 30.0 Å². The smallest absolute Gasteiger partial charge is 0.126 e. The number of aliphatic hydroxyl groups excluding tert-OH is 1. The lowest BCUT2D eigenvalue weighted by Crippen LogP contribution is -2.00. The molecule has 0 spiro atoms. The third kappa shape index (κ3) is 2.06. The predicted molar refractivity (Wildman–Crippen MR) is 78.0 cm³/mol. The first kappa shape index (κ1) is 12.8. The van der Waals surface area contributed by atoms with Gasteiger partial charge >= 0.3 is 0 Å². The Morgan fingerprint density at radius 2 is 1.85 bits per heavy atom. The molecule has 20 heavy (non-hydrogen) atoms. The van der Waals surface area contributed by atoms with Gasteiger partial charge in [-0.15, -0.1) is 0 Å². The monoisotopic (exact) mass is 268 g/mol. The van der Waals surface area contributed by atoms with E-state index in [0.717, 1.165) is 33.4 Å². The molecule has 3 rings (SSSR count). The second-order valence-corrected chi connectivity index (χ2v) is 4.80. The van der Waals surface area contributed by atoms with Crippen LogP contribution in [0.5, 0.6) is 5.75 Å². The molecule has 1 N–H and O–H groups in total. The zero-order chi connectivity index (χ0) is 14.1. The van der Waals surface area contributed by atoms with Crippen molar-refractivity contribution in [3.05, 3.63) is 65.6 Å². The Bertz CT molecular complexity index is 743. The van der Waals surface area contributed by atoms with Crippen molar-refractivity contribution in [1.29, 1.82) is 0 Å². The summed E-state index contributed by atoms with van der Waals surface area (Å²) in [5, 5.41) is 12.5. The summed E-state index contributed by atoms with van der Waals surface area (Å²) >= 11 is 0. The Hall–Kier alpha value is -2.26. The fourth-order valence-corrected chi connectivity index (χ4v) is 2.50. The standard InChI is InChI=1S/C17H16O3/c1-11-9-12(10-20-11)17(18)15-7-8-16(19-2)14-6-4-3-5-13(14)15/h3-10,17-18H,1-2H3. The zero-order valence-electron chi connectivity index (χ0n) is 11.5. The number of benzene rings is 2. The van der Waals surface area contributed by atoms with Gasteiger partial charge in [0.1, 0.15) is 17.6 Å². The Kier molecular flexibility index (Phi) is 3.20. The summed E-state index contributed by atoms with van der Waals surface area (Å²) in [6.45, 7) is 1.86. The average molecular weight is 268 g/mol. The van der Waals surface area contributed by atoms with Crippen molar-refractivity contribution in [2.24, 2.45) is 0 Å². The highest BCUT2D eigenvalue weighted by Gasteiger charge is 2.16. The third-order valence-electron chi connectivity index (χ3n) is 3.50. The molecule has 0 aliphatic rings. The molecule has 0 aliphatic heterocycles. The topological polar surface area (TPSA) is 42.6 Å². The van der Waals surface area contributed by atoms with E-state index in [4.69, 9.17) is 9.15 Å². The van der Waals surface area contributed by atoms with Crippen LogP contribution >= 0.6 is 0 Å². The quantitative estimate of drug-likeness (QED) is 0.785. The number of aryl methyl sites for hydroxylation is 1. The molecule has 2 aromatic carbocycles. The van der Waals surface area contributed by atoms with Gasteiger partial charge in [0.25, 0.3) is 0 Å². The van der Waals surface area contributed by atoms with E-state index in [0.29, 0.717) is 0 Å². The van der Waals surface area contributed by atoms with Crippen molar-refractivity contribution < 1.29 is 14.3 Å². The largest absolute Gasteiger partial charge is 0.496 e. The van der Waals surface area contributed by atoms with Crippen LogP contribution in [0.15, 0.2) is 53.1 Å². The maximum atomic E-state index is 10.6. The molecule has 1 aromatic heterocycles. The molecule has 102 valence electrons. The molecule has 0 aliphatic carbocycles. The highest BCUT2D eigenvalue weighted by Crippen LogP contribution is 2.34. The van der Waals surface area contributed by atoms with Crippen LogP contribution in [0.25, 0.3) is 10.8 Å². The first-order valence-corrected chi connectivity index (χ1v) is 6.49. The number of furan rings is 1. The summed E-state index contributed by atoms with van der Waals surface area (Å²) in [6, 6.07) is 13.5. The minimum Gasteiger partial charge on any atom is -0.496 e. The number of ether oxygens (including phenoxy) is 1. The number of hydrogen-bond donors (Lipinski definition) is 1. The molecule has 3 nitrogen and oxygen atoms in total. The number of rotatable bonds is 3. The van der Waals surface area contributed by atoms with Gasteiger partial charge in [-0.25, -0.2) is 0 Å². The van der Waals surface area contributed by atoms with Gasteiger partial charge in [0, 0.05) is 10.9 Å². The van der Waals surface area contributed by atoms with Gasteiger partial charge in [0.15, 0.2) is 0 Å². The second kappa shape index (κ2) is 5.02. The van der Waals surface area contributed by atoms with Gasteiger partial charge < -0.3 is 14.3 Å². The van der Waals surface area contributed by atoms with Crippen LogP contribution in [0.2, 0.25) is 0 Å². The van der Waals surface area contributed by atoms with Crippen LogP contribution in [0, 0.1) is 6.92 Å². The van der Waals surface area contributed by atoms with E-state index >= 15 is 0 Å². The van der Waals surface area contributed by atoms with E-state index in [1.54, 1.807) is 13.4 Å². The molecule has 0 radical (unpaired) electrons. The minimum atomic E-state index is -0.705. The normalized spacial score (nSPS) is 12.6. The van der Waals surface area contributed by atoms with Crippen molar-refractivity contribution in [2.45, 2.75) is 13.0 Å². The first-order chi connectivity index (χ1) is 9.70. The molecule has 0 amide bonds. The van der Waals surface area contributed by atoms with E-state index in [-0.39, 0.29) is 0 Å². The SMILES string of the molecule is COc1ccc(C(O)c2coc(C)c2)c2ccccc12. The number of hydrogen-bond acceptors (Lipinski definition) is 3. The van der Waals surface area contributed by atoms with Crippen LogP contribution in [0.3, 0.4) is 0 Å². The molecule has 3 aromatic rings. The Labute approximate surface area is 117 Å². The summed E-state index contributed by atoms with van der Waals surface area (Å²) in [7, 11) is 1.65. The molecule has 3 heteroatoms. The molecule has 1 unspecified atom stereocenters. The Balaban J connectivity index is 2.17. The second-order valence-electron chi connectivity index (χ2n) is 4.80. The van der Waals surface area contributed by atoms with Crippen molar-refractivity contribution in [3.8, 4) is 5.75 Å². The predicted octanol–water partition coefficient (Wildman–Crippen LogP) is 3.83. The van der Waals surface area contributed by atoms with Crippen LogP contribution in [0.1, 0.15) is 23.0 Å². The van der Waals surface area contributed by atoms with Gasteiger partial charge in [0.05, 0.1) is 13.4 Å². The zero-order valence-corrected chi connectivity index (χ0v) is 11.5. The van der Waals surface area contributed by atoms with Crippen molar-refractivity contribution in [3.63, 3.8) is 0 Å². The lowest BCUT2D eigenvalue weighted by Gasteiger charge is -2.14. The van der Waals surface area contributed by atoms with Crippen molar-refractivity contribution >= 4 is 10.8 Å². The third-order valence-corrected chi connectivity index (χ3v) is 3.50. The summed E-state index contributed by atoms with van der Waals surface area (Å²) in [5.41, 5.74) is 1.61. The summed E-state index contributed by atoms with van der Waals surface area (Å²) in [4.78, 5) is 0. The molecule has 0 saturated heterocycles. The average Bonchev–Trinajstić information content (AvgIpc) is 2.92. The lowest BCUT2D eigenvalue weighted by molar-refractivity contribution is 0.221. The summed E-state index contributed by atoms with van der Waals surface area (Å²) in [6.07, 6.45) is 0.891. The van der Waals surface area contributed by atoms with Crippen LogP contribution < -0.4 is 4.74 Å². The minimum absolute atomic E-state index is 0.705. The Morgan fingerprint density at radius 1 is 1.10 bits per heavy atom. The lowest BCUT2D eigenvalue weighted by atomic mass is 9.96. The summed E-state index contributed by atoms with van der Waals surface area (Å²) in [5.74, 6) is 1.59. The van der Waals surface area contributed by atoms with E-state index in [1.165, 1.54) is 0 Å². The van der Waals surface area contributed by atoms with Crippen LogP contribution in [-0.2, 0) is 0 Å². The Morgan fingerprint density at radius 3 is 2.50 bits per heavy atom. The summed E-state index contributed by atoms with van der Waals surface area (Å²) < 4.78 is 10.7. The molecular weight excluding hydrogens is 252 g/mol. The van der Waals surface area contributed by atoms with E-state index < -0.39 is 6.10 Å².